The average Bonchev–Trinajstić information content (AvgIpc) is 3.07. The van der Waals surface area contributed by atoms with Crippen molar-refractivity contribution in [2.24, 2.45) is 11.5 Å². The van der Waals surface area contributed by atoms with E-state index in [-0.39, 0.29) is 36.0 Å². The van der Waals surface area contributed by atoms with E-state index in [0.29, 0.717) is 19.2 Å². The highest BCUT2D eigenvalue weighted by atomic mass is 32.2. The Morgan fingerprint density at radius 3 is 2.79 bits per heavy atom. The Morgan fingerprint density at radius 1 is 1.50 bits per heavy atom. The zero-order chi connectivity index (χ0) is 17.7. The molecule has 4 N–H and O–H groups in total. The van der Waals surface area contributed by atoms with E-state index in [0.717, 1.165) is 10.5 Å². The molecule has 8 nitrogen and oxygen atoms in total. The second kappa shape index (κ2) is 7.69. The van der Waals surface area contributed by atoms with E-state index in [2.05, 4.69) is 4.98 Å². The van der Waals surface area contributed by atoms with Gasteiger partial charge in [0.2, 0.25) is 21.8 Å². The lowest BCUT2D eigenvalue weighted by molar-refractivity contribution is -0.121. The number of ether oxygens (including phenoxy) is 1. The first-order valence-corrected chi connectivity index (χ1v) is 8.72. The van der Waals surface area contributed by atoms with E-state index in [1.54, 1.807) is 0 Å². The quantitative estimate of drug-likeness (QED) is 0.701. The van der Waals surface area contributed by atoms with Gasteiger partial charge in [0.05, 0.1) is 12.5 Å². The number of sulfonamides is 1. The largest absolute Gasteiger partial charge is 0.473 e. The van der Waals surface area contributed by atoms with Crippen molar-refractivity contribution in [1.29, 1.82) is 0 Å². The van der Waals surface area contributed by atoms with Gasteiger partial charge in [0.1, 0.15) is 17.5 Å². The molecule has 1 aromatic rings. The minimum atomic E-state index is -3.87. The molecule has 0 unspecified atom stereocenters. The molecular weight excluding hydrogens is 339 g/mol. The first-order valence-electron chi connectivity index (χ1n) is 7.28. The zero-order valence-electron chi connectivity index (χ0n) is 12.9. The third-order valence-electron chi connectivity index (χ3n) is 3.67. The summed E-state index contributed by atoms with van der Waals surface area (Å²) in [6.45, 7) is 0.156. The number of nitrogens with two attached hydrogens (primary N) is 2. The number of primary amides is 1. The maximum Gasteiger partial charge on any atom is 0.245 e. The van der Waals surface area contributed by atoms with Crippen LogP contribution in [-0.2, 0) is 14.8 Å². The summed E-state index contributed by atoms with van der Waals surface area (Å²) in [6, 6.07) is 1.83. The smallest absolute Gasteiger partial charge is 0.245 e. The maximum absolute atomic E-state index is 12.6. The molecule has 0 aromatic carbocycles. The van der Waals surface area contributed by atoms with Crippen molar-refractivity contribution in [2.75, 3.05) is 19.7 Å². The van der Waals surface area contributed by atoms with Crippen LogP contribution in [0.5, 0.6) is 5.88 Å². The molecule has 0 spiro atoms. The van der Waals surface area contributed by atoms with Crippen LogP contribution in [0.4, 0.5) is 4.39 Å². The zero-order valence-corrected chi connectivity index (χ0v) is 13.7. The van der Waals surface area contributed by atoms with Crippen molar-refractivity contribution < 1.29 is 22.3 Å². The molecule has 1 fully saturated rings. The Bertz CT molecular complexity index is 721. The average molecular weight is 358 g/mol. The molecule has 1 aliphatic heterocycles. The lowest BCUT2D eigenvalue weighted by Gasteiger charge is -2.21. The van der Waals surface area contributed by atoms with Gasteiger partial charge < -0.3 is 16.2 Å². The monoisotopic (exact) mass is 358 g/mol. The lowest BCUT2D eigenvalue weighted by Crippen LogP contribution is -2.43. The van der Waals surface area contributed by atoms with Gasteiger partial charge in [-0.1, -0.05) is 0 Å². The summed E-state index contributed by atoms with van der Waals surface area (Å²) in [4.78, 5) is 15.2. The lowest BCUT2D eigenvalue weighted by atomic mass is 10.2. The Kier molecular flexibility index (Phi) is 5.86. The van der Waals surface area contributed by atoms with Crippen molar-refractivity contribution >= 4 is 15.9 Å². The van der Waals surface area contributed by atoms with Crippen molar-refractivity contribution in [2.45, 2.75) is 23.8 Å². The van der Waals surface area contributed by atoms with Crippen LogP contribution in [0.3, 0.4) is 0 Å². The standard InChI is InChI=1S/C14H19FN4O4S/c15-6-10(7-16)9-23-13-4-3-11(8-18-13)24(21,22)19-5-1-2-12(19)14(17)20/h3-4,6,8,12H,1-2,5,7,9,16H2,(H2,17,20)/b10-6-/t12-/m1/s1. The summed E-state index contributed by atoms with van der Waals surface area (Å²) in [5.41, 5.74) is 10.8. The summed E-state index contributed by atoms with van der Waals surface area (Å²) < 4.78 is 43.9. The Hall–Kier alpha value is -2.04. The Morgan fingerprint density at radius 2 is 2.25 bits per heavy atom. The van der Waals surface area contributed by atoms with E-state index in [1.807, 2.05) is 0 Å². The Labute approximate surface area is 139 Å². The number of nitrogens with zero attached hydrogens (tertiary/aromatic N) is 2. The predicted molar refractivity (Wildman–Crippen MR) is 84.1 cm³/mol. The second-order valence-electron chi connectivity index (χ2n) is 5.27. The number of hydrogen-bond donors (Lipinski definition) is 2. The molecule has 0 radical (unpaired) electrons. The molecule has 1 atom stereocenters. The molecule has 2 heterocycles. The highest BCUT2D eigenvalue weighted by molar-refractivity contribution is 7.89. The van der Waals surface area contributed by atoms with Crippen molar-refractivity contribution in [3.63, 3.8) is 0 Å². The predicted octanol–water partition coefficient (Wildman–Crippen LogP) is -0.0891. The van der Waals surface area contributed by atoms with E-state index in [4.69, 9.17) is 16.2 Å². The molecule has 132 valence electrons. The number of amides is 1. The normalized spacial score (nSPS) is 19.4. The molecule has 24 heavy (non-hydrogen) atoms. The molecule has 10 heteroatoms. The summed E-state index contributed by atoms with van der Waals surface area (Å²) in [6.07, 6.45) is 2.46. The summed E-state index contributed by atoms with van der Waals surface area (Å²) in [5, 5.41) is 0. The molecule has 1 saturated heterocycles. The maximum atomic E-state index is 12.6. The van der Waals surface area contributed by atoms with Gasteiger partial charge in [0.25, 0.3) is 0 Å². The number of rotatable bonds is 7. The fraction of sp³-hybridized carbons (Fsp3) is 0.429. The third-order valence-corrected chi connectivity index (χ3v) is 5.56. The topological polar surface area (TPSA) is 129 Å². The van der Waals surface area contributed by atoms with E-state index >= 15 is 0 Å². The van der Waals surface area contributed by atoms with Crippen LogP contribution in [0, 0.1) is 0 Å². The second-order valence-corrected chi connectivity index (χ2v) is 7.16. The molecule has 1 aliphatic rings. The van der Waals surface area contributed by atoms with Crippen LogP contribution in [-0.4, -0.2) is 49.4 Å². The highest BCUT2D eigenvalue weighted by Crippen LogP contribution is 2.26. The molecule has 0 bridgehead atoms. The molecule has 2 rings (SSSR count). The summed E-state index contributed by atoms with van der Waals surface area (Å²) in [7, 11) is -3.87. The van der Waals surface area contributed by atoms with E-state index in [9.17, 15) is 17.6 Å². The number of halogens is 1. The SMILES string of the molecule is NC/C(=C/F)COc1ccc(S(=O)(=O)N2CCC[C@@H]2C(N)=O)cn1. The van der Waals surface area contributed by atoms with Gasteiger partial charge in [0.15, 0.2) is 0 Å². The summed E-state index contributed by atoms with van der Waals surface area (Å²) >= 11 is 0. The van der Waals surface area contributed by atoms with Gasteiger partial charge in [-0.3, -0.25) is 4.79 Å². The Balaban J connectivity index is 2.13. The summed E-state index contributed by atoms with van der Waals surface area (Å²) in [5.74, 6) is -0.536. The highest BCUT2D eigenvalue weighted by Gasteiger charge is 2.38. The number of aromatic nitrogens is 1. The van der Waals surface area contributed by atoms with Crippen molar-refractivity contribution in [1.82, 2.24) is 9.29 Å². The van der Waals surface area contributed by atoms with E-state index in [1.165, 1.54) is 12.1 Å². The van der Waals surface area contributed by atoms with Crippen LogP contribution in [0.1, 0.15) is 12.8 Å². The van der Waals surface area contributed by atoms with E-state index < -0.39 is 22.0 Å². The van der Waals surface area contributed by atoms with Crippen LogP contribution >= 0.6 is 0 Å². The first-order chi connectivity index (χ1) is 11.4. The fourth-order valence-electron chi connectivity index (χ4n) is 2.35. The molecule has 0 saturated carbocycles. The van der Waals surface area contributed by atoms with Gasteiger partial charge in [0, 0.05) is 24.7 Å². The number of carbonyl (C=O) groups excluding carboxylic acids is 1. The van der Waals surface area contributed by atoms with Crippen LogP contribution in [0.25, 0.3) is 0 Å². The van der Waals surface area contributed by atoms with Crippen LogP contribution in [0.2, 0.25) is 0 Å². The third kappa shape index (κ3) is 3.89. The van der Waals surface area contributed by atoms with Crippen LogP contribution < -0.4 is 16.2 Å². The van der Waals surface area contributed by atoms with Crippen molar-refractivity contribution in [3.05, 3.63) is 30.2 Å². The molecule has 1 aromatic heterocycles. The first kappa shape index (κ1) is 18.3. The van der Waals surface area contributed by atoms with Crippen LogP contribution in [0.15, 0.2) is 35.1 Å². The van der Waals surface area contributed by atoms with Gasteiger partial charge in [-0.15, -0.1) is 0 Å². The number of pyridine rings is 1. The molecule has 0 aliphatic carbocycles. The fourth-order valence-corrected chi connectivity index (χ4v) is 3.96. The molecular formula is C14H19FN4O4S. The van der Waals surface area contributed by atoms with Gasteiger partial charge >= 0.3 is 0 Å². The van der Waals surface area contributed by atoms with Gasteiger partial charge in [-0.25, -0.2) is 17.8 Å². The van der Waals surface area contributed by atoms with Crippen molar-refractivity contribution in [3.8, 4) is 5.88 Å². The number of hydrogen-bond acceptors (Lipinski definition) is 6. The minimum absolute atomic E-state index is 0.00638. The number of carbonyl (C=O) groups is 1. The van der Waals surface area contributed by atoms with Gasteiger partial charge in [-0.05, 0) is 18.9 Å². The minimum Gasteiger partial charge on any atom is -0.473 e. The molecule has 1 amide bonds. The van der Waals surface area contributed by atoms with Gasteiger partial charge in [-0.2, -0.15) is 4.31 Å².